The fraction of sp³-hybridized carbons (Fsp3) is 0.318. The van der Waals surface area contributed by atoms with Crippen molar-refractivity contribution in [2.75, 3.05) is 0 Å². The molecule has 144 valence electrons. The molecule has 4 aromatic rings. The lowest BCUT2D eigenvalue weighted by Gasteiger charge is -2.14. The van der Waals surface area contributed by atoms with E-state index in [1.165, 1.54) is 5.56 Å². The zero-order chi connectivity index (χ0) is 19.7. The molecule has 0 fully saturated rings. The van der Waals surface area contributed by atoms with Crippen LogP contribution < -0.4 is 5.56 Å². The maximum absolute atomic E-state index is 13.1. The Hall–Kier alpha value is -2.60. The Labute approximate surface area is 168 Å². The fourth-order valence-corrected chi connectivity index (χ4v) is 4.33. The van der Waals surface area contributed by atoms with Crippen molar-refractivity contribution in [2.24, 2.45) is 5.92 Å². The van der Waals surface area contributed by atoms with Crippen LogP contribution in [0.1, 0.15) is 38.0 Å². The summed E-state index contributed by atoms with van der Waals surface area (Å²) in [6.07, 6.45) is 0.920. The Morgan fingerprint density at radius 3 is 2.43 bits per heavy atom. The lowest BCUT2D eigenvalue weighted by atomic mass is 10.1. The van der Waals surface area contributed by atoms with Gasteiger partial charge < -0.3 is 0 Å². The number of para-hydroxylation sites is 1. The quantitative estimate of drug-likeness (QED) is 0.436. The normalized spacial score (nSPS) is 12.9. The molecule has 0 aliphatic carbocycles. The molecule has 0 spiro atoms. The minimum Gasteiger partial charge on any atom is -0.276 e. The van der Waals surface area contributed by atoms with Crippen LogP contribution in [-0.4, -0.2) is 19.2 Å². The number of hydrogen-bond acceptors (Lipinski definition) is 4. The van der Waals surface area contributed by atoms with E-state index in [-0.39, 0.29) is 10.8 Å². The van der Waals surface area contributed by atoms with Gasteiger partial charge in [-0.2, -0.15) is 0 Å². The average molecular weight is 393 g/mol. The minimum absolute atomic E-state index is 0.00353. The average Bonchev–Trinajstić information content (AvgIpc) is 3.12. The Morgan fingerprint density at radius 2 is 1.68 bits per heavy atom. The first-order valence-corrected chi connectivity index (χ1v) is 10.5. The summed E-state index contributed by atoms with van der Waals surface area (Å²) in [5.74, 6) is 1.13. The zero-order valence-corrected chi connectivity index (χ0v) is 17.2. The van der Waals surface area contributed by atoms with Gasteiger partial charge in [0.05, 0.1) is 10.9 Å². The molecule has 0 bridgehead atoms. The molecule has 2 heterocycles. The topological polar surface area (TPSA) is 52.2 Å². The van der Waals surface area contributed by atoms with Crippen LogP contribution >= 0.6 is 11.8 Å². The minimum atomic E-state index is 0.00353. The lowest BCUT2D eigenvalue weighted by molar-refractivity contribution is 0.512. The van der Waals surface area contributed by atoms with Crippen LogP contribution in [0.2, 0.25) is 0 Å². The predicted octanol–water partition coefficient (Wildman–Crippen LogP) is 4.94. The van der Waals surface area contributed by atoms with E-state index in [1.54, 1.807) is 16.3 Å². The van der Waals surface area contributed by atoms with Crippen molar-refractivity contribution in [3.8, 4) is 0 Å². The second kappa shape index (κ2) is 7.80. The highest BCUT2D eigenvalue weighted by Gasteiger charge is 2.19. The summed E-state index contributed by atoms with van der Waals surface area (Å²) in [7, 11) is 0. The maximum Gasteiger partial charge on any atom is 0.262 e. The third kappa shape index (κ3) is 3.44. The van der Waals surface area contributed by atoms with Crippen molar-refractivity contribution in [3.05, 3.63) is 70.5 Å². The van der Waals surface area contributed by atoms with Crippen molar-refractivity contribution in [2.45, 2.75) is 44.1 Å². The largest absolute Gasteiger partial charge is 0.276 e. The SMILES string of the molecule is CC(C)CCn1c(=O)c2ccccc2n2c(SC(C)c3ccccc3)nnc12. The number of aryl methyl sites for hydroxylation is 1. The molecule has 6 heteroatoms. The van der Waals surface area contributed by atoms with Crippen LogP contribution in [0.25, 0.3) is 16.7 Å². The second-order valence-electron chi connectivity index (χ2n) is 7.45. The van der Waals surface area contributed by atoms with Crippen molar-refractivity contribution < 1.29 is 0 Å². The van der Waals surface area contributed by atoms with Crippen LogP contribution in [-0.2, 0) is 6.54 Å². The highest BCUT2D eigenvalue weighted by Crippen LogP contribution is 2.34. The predicted molar refractivity (Wildman–Crippen MR) is 115 cm³/mol. The number of hydrogen-bond donors (Lipinski definition) is 0. The van der Waals surface area contributed by atoms with Crippen molar-refractivity contribution in [1.82, 2.24) is 19.2 Å². The number of aromatic nitrogens is 4. The summed E-state index contributed by atoms with van der Waals surface area (Å²) >= 11 is 1.66. The van der Waals surface area contributed by atoms with Gasteiger partial charge in [-0.1, -0.05) is 68.1 Å². The smallest absolute Gasteiger partial charge is 0.262 e. The molecule has 5 nitrogen and oxygen atoms in total. The van der Waals surface area contributed by atoms with Gasteiger partial charge in [-0.3, -0.25) is 13.8 Å². The number of thioether (sulfide) groups is 1. The molecule has 28 heavy (non-hydrogen) atoms. The Bertz CT molecular complexity index is 1160. The van der Waals surface area contributed by atoms with Gasteiger partial charge in [0.1, 0.15) is 0 Å². The van der Waals surface area contributed by atoms with Gasteiger partial charge >= 0.3 is 0 Å². The van der Waals surface area contributed by atoms with E-state index in [1.807, 2.05) is 46.9 Å². The summed E-state index contributed by atoms with van der Waals surface area (Å²) in [6, 6.07) is 18.1. The van der Waals surface area contributed by atoms with E-state index in [0.29, 0.717) is 23.6 Å². The monoisotopic (exact) mass is 392 g/mol. The molecule has 2 aromatic heterocycles. The zero-order valence-electron chi connectivity index (χ0n) is 16.4. The van der Waals surface area contributed by atoms with Crippen LogP contribution in [0.5, 0.6) is 0 Å². The van der Waals surface area contributed by atoms with Gasteiger partial charge in [-0.05, 0) is 37.0 Å². The van der Waals surface area contributed by atoms with Gasteiger partial charge in [0.15, 0.2) is 5.16 Å². The molecule has 0 saturated carbocycles. The van der Waals surface area contributed by atoms with Gasteiger partial charge in [-0.15, -0.1) is 10.2 Å². The van der Waals surface area contributed by atoms with Crippen LogP contribution in [0.15, 0.2) is 64.5 Å². The van der Waals surface area contributed by atoms with Crippen molar-refractivity contribution in [3.63, 3.8) is 0 Å². The van der Waals surface area contributed by atoms with E-state index in [2.05, 4.69) is 43.1 Å². The summed E-state index contributed by atoms with van der Waals surface area (Å²) in [5.41, 5.74) is 2.10. The van der Waals surface area contributed by atoms with Crippen LogP contribution in [0, 0.1) is 5.92 Å². The number of nitrogens with zero attached hydrogens (tertiary/aromatic N) is 4. The Kier molecular flexibility index (Phi) is 5.22. The van der Waals surface area contributed by atoms with Crippen LogP contribution in [0.4, 0.5) is 0 Å². The molecule has 0 amide bonds. The van der Waals surface area contributed by atoms with E-state index >= 15 is 0 Å². The molecule has 0 saturated heterocycles. The van der Waals surface area contributed by atoms with Crippen LogP contribution in [0.3, 0.4) is 0 Å². The molecule has 0 radical (unpaired) electrons. The molecule has 1 atom stereocenters. The first-order valence-electron chi connectivity index (χ1n) is 9.64. The molecular formula is C22H24N4OS. The Morgan fingerprint density at radius 1 is 0.964 bits per heavy atom. The first-order chi connectivity index (χ1) is 13.6. The van der Waals surface area contributed by atoms with E-state index in [4.69, 9.17) is 0 Å². The molecule has 2 aromatic carbocycles. The Balaban J connectivity index is 1.86. The first kappa shape index (κ1) is 18.7. The summed E-state index contributed by atoms with van der Waals surface area (Å²) in [4.78, 5) is 13.1. The summed E-state index contributed by atoms with van der Waals surface area (Å²) < 4.78 is 3.80. The molecular weight excluding hydrogens is 368 g/mol. The van der Waals surface area contributed by atoms with Gasteiger partial charge in [0.25, 0.3) is 5.56 Å². The molecule has 0 N–H and O–H groups in total. The van der Waals surface area contributed by atoms with E-state index < -0.39 is 0 Å². The number of benzene rings is 2. The highest BCUT2D eigenvalue weighted by atomic mass is 32.2. The molecule has 0 aliphatic rings. The molecule has 0 aliphatic heterocycles. The van der Waals surface area contributed by atoms with E-state index in [0.717, 1.165) is 17.1 Å². The third-order valence-electron chi connectivity index (χ3n) is 4.96. The highest BCUT2D eigenvalue weighted by molar-refractivity contribution is 7.99. The maximum atomic E-state index is 13.1. The number of fused-ring (bicyclic) bond motifs is 3. The summed E-state index contributed by atoms with van der Waals surface area (Å²) in [5, 5.41) is 10.6. The standard InChI is InChI=1S/C22H24N4OS/c1-15(2)13-14-25-20(27)18-11-7-8-12-19(18)26-21(25)23-24-22(26)28-16(3)17-9-5-4-6-10-17/h4-12,15-16H,13-14H2,1-3H3. The summed E-state index contributed by atoms with van der Waals surface area (Å²) in [6.45, 7) is 7.13. The van der Waals surface area contributed by atoms with Crippen molar-refractivity contribution >= 4 is 28.4 Å². The van der Waals surface area contributed by atoms with Gasteiger partial charge in [0.2, 0.25) is 5.78 Å². The molecule has 4 rings (SSSR count). The second-order valence-corrected chi connectivity index (χ2v) is 8.75. The van der Waals surface area contributed by atoms with Gasteiger partial charge in [0, 0.05) is 11.8 Å². The van der Waals surface area contributed by atoms with Gasteiger partial charge in [-0.25, -0.2) is 0 Å². The fourth-order valence-electron chi connectivity index (χ4n) is 3.35. The van der Waals surface area contributed by atoms with E-state index in [9.17, 15) is 4.79 Å². The third-order valence-corrected chi connectivity index (χ3v) is 6.06. The molecule has 1 unspecified atom stereocenters. The number of rotatable bonds is 6. The lowest BCUT2D eigenvalue weighted by Crippen LogP contribution is -2.24. The van der Waals surface area contributed by atoms with Crippen molar-refractivity contribution in [1.29, 1.82) is 0 Å².